The molecule has 43 heavy (non-hydrogen) atoms. The average Bonchev–Trinajstić information content (AvgIpc) is 3.76. The number of rotatable bonds is 6. The molecule has 1 saturated heterocycles. The van der Waals surface area contributed by atoms with Crippen LogP contribution >= 0.6 is 22.9 Å². The van der Waals surface area contributed by atoms with Crippen LogP contribution in [0.25, 0.3) is 27.5 Å². The Morgan fingerprint density at radius 1 is 1.00 bits per heavy atom. The molecule has 0 atom stereocenters. The maximum atomic E-state index is 13.3. The molecule has 2 N–H and O–H groups in total. The van der Waals surface area contributed by atoms with E-state index in [1.807, 2.05) is 35.0 Å². The van der Waals surface area contributed by atoms with Crippen molar-refractivity contribution < 1.29 is 9.59 Å². The summed E-state index contributed by atoms with van der Waals surface area (Å²) >= 11 is 8.26. The second kappa shape index (κ2) is 11.9. The highest BCUT2D eigenvalue weighted by Crippen LogP contribution is 2.44. The molecule has 7 rings (SSSR count). The van der Waals surface area contributed by atoms with Crippen LogP contribution in [-0.4, -0.2) is 56.7 Å². The number of carbonyl (C=O) groups excluding carboxylic acids is 2. The maximum Gasteiger partial charge on any atom is 0.253 e. The summed E-state index contributed by atoms with van der Waals surface area (Å²) in [5.41, 5.74) is 6.24. The van der Waals surface area contributed by atoms with Crippen molar-refractivity contribution in [3.8, 4) is 27.5 Å². The molecule has 2 aliphatic carbocycles. The number of hydrogen-bond acceptors (Lipinski definition) is 6. The van der Waals surface area contributed by atoms with E-state index in [0.29, 0.717) is 21.8 Å². The first-order valence-electron chi connectivity index (χ1n) is 15.2. The molecule has 2 aromatic heterocycles. The monoisotopic (exact) mass is 614 g/mol. The zero-order chi connectivity index (χ0) is 29.5. The molecule has 0 bridgehead atoms. The van der Waals surface area contributed by atoms with Gasteiger partial charge < -0.3 is 15.5 Å². The van der Waals surface area contributed by atoms with Crippen molar-refractivity contribution in [1.82, 2.24) is 25.0 Å². The van der Waals surface area contributed by atoms with Gasteiger partial charge in [0.1, 0.15) is 0 Å². The van der Waals surface area contributed by atoms with Gasteiger partial charge in [-0.3, -0.25) is 9.59 Å². The first-order valence-corrected chi connectivity index (χ1v) is 16.4. The molecular formula is C33H35ClN6O2S. The number of likely N-dealkylation sites (tertiary alicyclic amines) is 1. The number of aromatic nitrogens is 3. The van der Waals surface area contributed by atoms with E-state index in [2.05, 4.69) is 27.7 Å². The normalized spacial score (nSPS) is 20.0. The van der Waals surface area contributed by atoms with Gasteiger partial charge in [-0.1, -0.05) is 53.3 Å². The van der Waals surface area contributed by atoms with Crippen LogP contribution in [0, 0.1) is 0 Å². The summed E-state index contributed by atoms with van der Waals surface area (Å²) < 4.78 is 1.92. The van der Waals surface area contributed by atoms with Crippen molar-refractivity contribution in [2.24, 2.45) is 0 Å². The molecule has 2 fully saturated rings. The van der Waals surface area contributed by atoms with E-state index in [1.54, 1.807) is 6.07 Å². The number of thiazole rings is 1. The van der Waals surface area contributed by atoms with Gasteiger partial charge in [0.15, 0.2) is 5.13 Å². The Labute approximate surface area is 260 Å². The summed E-state index contributed by atoms with van der Waals surface area (Å²) in [5, 5.41) is 12.2. The zero-order valence-electron chi connectivity index (χ0n) is 24.2. The van der Waals surface area contributed by atoms with Crippen LogP contribution < -0.4 is 10.6 Å². The number of benzene rings is 2. The molecule has 3 aliphatic rings. The molecule has 8 nitrogen and oxygen atoms in total. The zero-order valence-corrected chi connectivity index (χ0v) is 25.8. The molecule has 10 heteroatoms. The van der Waals surface area contributed by atoms with Crippen molar-refractivity contribution in [2.75, 3.05) is 18.4 Å². The summed E-state index contributed by atoms with van der Waals surface area (Å²) in [4.78, 5) is 33.4. The number of nitrogens with one attached hydrogen (secondary N) is 2. The molecular weight excluding hydrogens is 580 g/mol. The highest BCUT2D eigenvalue weighted by Gasteiger charge is 2.31. The Kier molecular flexibility index (Phi) is 7.80. The SMILES string of the molecule is CC(=O)Nc1nc2c(s1)-c1c(c(-c3ccccc3)nn1-c1ccc(C(=O)NC3CCC(N4CCCC4)CC3)c(Cl)c1)CC2. The molecule has 1 aliphatic heterocycles. The predicted octanol–water partition coefficient (Wildman–Crippen LogP) is 6.51. The fraction of sp³-hybridized carbons (Fsp3) is 0.394. The summed E-state index contributed by atoms with van der Waals surface area (Å²) in [5.74, 6) is -0.275. The maximum absolute atomic E-state index is 13.3. The number of amides is 2. The van der Waals surface area contributed by atoms with Crippen LogP contribution in [0.15, 0.2) is 48.5 Å². The summed E-state index contributed by atoms with van der Waals surface area (Å²) in [6.45, 7) is 3.93. The number of carbonyl (C=O) groups is 2. The number of anilines is 1. The van der Waals surface area contributed by atoms with Gasteiger partial charge in [0.25, 0.3) is 5.91 Å². The molecule has 0 spiro atoms. The molecule has 0 radical (unpaired) electrons. The summed E-state index contributed by atoms with van der Waals surface area (Å²) in [7, 11) is 0. The van der Waals surface area contributed by atoms with Gasteiger partial charge in [0, 0.05) is 30.1 Å². The van der Waals surface area contributed by atoms with E-state index in [4.69, 9.17) is 21.7 Å². The van der Waals surface area contributed by atoms with Crippen molar-refractivity contribution in [1.29, 1.82) is 0 Å². The lowest BCUT2D eigenvalue weighted by molar-refractivity contribution is -0.114. The van der Waals surface area contributed by atoms with Crippen molar-refractivity contribution >= 4 is 39.9 Å². The summed E-state index contributed by atoms with van der Waals surface area (Å²) in [6.07, 6.45) is 8.44. The topological polar surface area (TPSA) is 92.1 Å². The Morgan fingerprint density at radius 2 is 1.77 bits per heavy atom. The van der Waals surface area contributed by atoms with Crippen LogP contribution in [0.3, 0.4) is 0 Å². The highest BCUT2D eigenvalue weighted by atomic mass is 35.5. The first-order chi connectivity index (χ1) is 20.9. The smallest absolute Gasteiger partial charge is 0.253 e. The van der Waals surface area contributed by atoms with Crippen LogP contribution in [0.4, 0.5) is 5.13 Å². The van der Waals surface area contributed by atoms with E-state index in [-0.39, 0.29) is 17.9 Å². The predicted molar refractivity (Wildman–Crippen MR) is 171 cm³/mol. The standard InChI is InChI=1S/C33H35ClN6O2S/c1-20(41)35-33-37-28-16-15-26-29(21-7-3-2-4-8-21)38-40(30(26)31(28)43-33)24-13-14-25(27(34)19-24)32(42)36-22-9-11-23(12-10-22)39-17-5-6-18-39/h2-4,7-8,13-14,19,22-23H,5-6,9-12,15-18H2,1H3,(H,36,42)(H,35,37,41). The number of fused-ring (bicyclic) bond motifs is 3. The van der Waals surface area contributed by atoms with Gasteiger partial charge >= 0.3 is 0 Å². The third-order valence-corrected chi connectivity index (χ3v) is 10.3. The molecule has 4 aromatic rings. The lowest BCUT2D eigenvalue weighted by Gasteiger charge is -2.34. The fourth-order valence-electron chi connectivity index (χ4n) is 6.86. The van der Waals surface area contributed by atoms with Crippen LogP contribution in [0.2, 0.25) is 5.02 Å². The largest absolute Gasteiger partial charge is 0.349 e. The van der Waals surface area contributed by atoms with Crippen molar-refractivity contribution in [2.45, 2.75) is 70.4 Å². The molecule has 3 heterocycles. The Bertz CT molecular complexity index is 1670. The van der Waals surface area contributed by atoms with Gasteiger partial charge in [-0.15, -0.1) is 0 Å². The Morgan fingerprint density at radius 3 is 2.49 bits per heavy atom. The quantitative estimate of drug-likeness (QED) is 0.258. The third-order valence-electron chi connectivity index (χ3n) is 8.97. The van der Waals surface area contributed by atoms with E-state index >= 15 is 0 Å². The number of nitrogens with zero attached hydrogens (tertiary/aromatic N) is 4. The minimum absolute atomic E-state index is 0.127. The summed E-state index contributed by atoms with van der Waals surface area (Å²) in [6, 6.07) is 16.5. The minimum atomic E-state index is -0.148. The molecule has 222 valence electrons. The van der Waals surface area contributed by atoms with Gasteiger partial charge in [-0.05, 0) is 82.7 Å². The van der Waals surface area contributed by atoms with Crippen LogP contribution in [0.5, 0.6) is 0 Å². The van der Waals surface area contributed by atoms with E-state index < -0.39 is 0 Å². The van der Waals surface area contributed by atoms with Crippen LogP contribution in [-0.2, 0) is 17.6 Å². The van der Waals surface area contributed by atoms with E-state index in [1.165, 1.54) is 44.2 Å². The fourth-order valence-corrected chi connectivity index (χ4v) is 8.24. The molecule has 2 amide bonds. The first kappa shape index (κ1) is 28.3. The van der Waals surface area contributed by atoms with E-state index in [0.717, 1.165) is 77.3 Å². The van der Waals surface area contributed by atoms with Crippen molar-refractivity contribution in [3.05, 3.63) is 70.4 Å². The van der Waals surface area contributed by atoms with Gasteiger partial charge in [0.05, 0.1) is 38.2 Å². The lowest BCUT2D eigenvalue weighted by Crippen LogP contribution is -2.43. The molecule has 1 saturated carbocycles. The van der Waals surface area contributed by atoms with Crippen LogP contribution in [0.1, 0.15) is 67.1 Å². The second-order valence-electron chi connectivity index (χ2n) is 11.8. The Hall–Kier alpha value is -3.53. The van der Waals surface area contributed by atoms with Gasteiger partial charge in [-0.2, -0.15) is 5.10 Å². The Balaban J connectivity index is 1.17. The third kappa shape index (κ3) is 5.61. The number of halogens is 1. The van der Waals surface area contributed by atoms with Gasteiger partial charge in [-0.25, -0.2) is 9.67 Å². The number of aryl methyl sites for hydroxylation is 1. The second-order valence-corrected chi connectivity index (χ2v) is 13.2. The minimum Gasteiger partial charge on any atom is -0.349 e. The molecule has 2 aromatic carbocycles. The molecule has 0 unspecified atom stereocenters. The number of hydrogen-bond donors (Lipinski definition) is 2. The lowest BCUT2D eigenvalue weighted by atomic mass is 9.90. The van der Waals surface area contributed by atoms with Gasteiger partial charge in [0.2, 0.25) is 5.91 Å². The van der Waals surface area contributed by atoms with Crippen molar-refractivity contribution in [3.63, 3.8) is 0 Å². The highest BCUT2D eigenvalue weighted by molar-refractivity contribution is 7.19. The average molecular weight is 615 g/mol. The van der Waals surface area contributed by atoms with E-state index in [9.17, 15) is 9.59 Å².